The Morgan fingerprint density at radius 3 is 1.79 bits per heavy atom. The maximum atomic E-state index is 14.8. The second kappa shape index (κ2) is 15.2. The molecule has 3 rings (SSSR count). The molecule has 0 radical (unpaired) electrons. The molecule has 0 amide bonds. The zero-order chi connectivity index (χ0) is 25.8. The number of ether oxygens (including phenoxy) is 1. The van der Waals surface area contributed by atoms with Crippen LogP contribution in [-0.4, -0.2) is 26.6 Å². The molecule has 0 bridgehead atoms. The van der Waals surface area contributed by atoms with E-state index in [-0.39, 0.29) is 5.75 Å². The van der Waals surface area contributed by atoms with Crippen LogP contribution in [0.5, 0.6) is 5.75 Å². The van der Waals surface area contributed by atoms with Crippen molar-refractivity contribution >= 4 is 0 Å². The van der Waals surface area contributed by atoms with Gasteiger partial charge < -0.3 is 4.74 Å². The number of hydrogen-bond donors (Lipinski definition) is 0. The molecule has 1 aromatic carbocycles. The highest BCUT2D eigenvalue weighted by Gasteiger charge is 2.38. The van der Waals surface area contributed by atoms with Gasteiger partial charge in [0.25, 0.3) is 0 Å². The van der Waals surface area contributed by atoms with Crippen molar-refractivity contribution in [2.75, 3.05) is 14.3 Å². The number of terminal acetylenes is 1. The summed E-state index contributed by atoms with van der Waals surface area (Å²) >= 11 is 0. The lowest BCUT2D eigenvalue weighted by molar-refractivity contribution is 0.0601. The second-order valence-corrected chi connectivity index (χ2v) is 9.31. The van der Waals surface area contributed by atoms with Gasteiger partial charge >= 0.3 is 0 Å². The van der Waals surface area contributed by atoms with Gasteiger partial charge in [0.1, 0.15) is 6.17 Å². The van der Waals surface area contributed by atoms with E-state index in [0.29, 0.717) is 25.9 Å². The van der Waals surface area contributed by atoms with Gasteiger partial charge in [0.2, 0.25) is 5.82 Å². The Labute approximate surface area is 200 Å². The van der Waals surface area contributed by atoms with Crippen molar-refractivity contribution in [2.45, 2.75) is 83.7 Å². The summed E-state index contributed by atoms with van der Waals surface area (Å²) in [6.45, 7) is 3.61. The summed E-state index contributed by atoms with van der Waals surface area (Å²) in [6, 6.07) is 2.23. The Kier molecular flexibility index (Phi) is 13.5. The van der Waals surface area contributed by atoms with Gasteiger partial charge in [-0.15, -0.1) is 6.42 Å². The minimum atomic E-state index is -2.15. The van der Waals surface area contributed by atoms with E-state index < -0.39 is 41.6 Å². The van der Waals surface area contributed by atoms with Gasteiger partial charge in [0, 0.05) is 5.56 Å². The van der Waals surface area contributed by atoms with Crippen molar-refractivity contribution in [3.05, 3.63) is 29.3 Å². The zero-order valence-electron chi connectivity index (χ0n) is 20.6. The summed E-state index contributed by atoms with van der Waals surface area (Å²) in [6.07, 6.45) is 7.61. The molecule has 194 valence electrons. The van der Waals surface area contributed by atoms with E-state index in [4.69, 9.17) is 0 Å². The first-order valence-corrected chi connectivity index (χ1v) is 12.0. The molecule has 34 heavy (non-hydrogen) atoms. The molecule has 3 atom stereocenters. The van der Waals surface area contributed by atoms with Gasteiger partial charge in [-0.25, -0.2) is 17.6 Å². The van der Waals surface area contributed by atoms with Gasteiger partial charge in [-0.1, -0.05) is 25.7 Å². The van der Waals surface area contributed by atoms with Crippen LogP contribution in [0.4, 0.5) is 26.3 Å². The highest BCUT2D eigenvalue weighted by Crippen LogP contribution is 2.44. The van der Waals surface area contributed by atoms with E-state index in [1.54, 1.807) is 0 Å². The summed E-state index contributed by atoms with van der Waals surface area (Å²) in [5.41, 5.74) is -0.552. The van der Waals surface area contributed by atoms with Gasteiger partial charge in [0.15, 0.2) is 23.9 Å². The Bertz CT molecular complexity index is 746. The molecule has 0 aromatic heterocycles. The van der Waals surface area contributed by atoms with Crippen molar-refractivity contribution in [3.63, 3.8) is 0 Å². The second-order valence-electron chi connectivity index (χ2n) is 9.31. The molecule has 0 N–H and O–H groups in total. The zero-order valence-corrected chi connectivity index (χ0v) is 20.6. The predicted molar refractivity (Wildman–Crippen MR) is 125 cm³/mol. The summed E-state index contributed by atoms with van der Waals surface area (Å²) in [4.78, 5) is 0. The standard InChI is InChI=1S/C22H30F4O.C4H5F.CH3F/c1-13-3-5-14(6-4-13)15-7-9-16(10-8-15)19(23)20(24)17-11-12-18(27-2)22(26)21(17)25;1-3-4(2)5;1-2/h11-16,19-20H,3-10H2,1-2H3;1,4H,2H3;1H3. The highest BCUT2D eigenvalue weighted by molar-refractivity contribution is 5.32. The van der Waals surface area contributed by atoms with Crippen LogP contribution in [0.2, 0.25) is 0 Å². The van der Waals surface area contributed by atoms with Crippen LogP contribution >= 0.6 is 0 Å². The van der Waals surface area contributed by atoms with E-state index >= 15 is 0 Å². The lowest BCUT2D eigenvalue weighted by atomic mass is 9.68. The topological polar surface area (TPSA) is 9.23 Å². The number of benzene rings is 1. The fraction of sp³-hybridized carbons (Fsp3) is 0.704. The molecule has 2 aliphatic rings. The van der Waals surface area contributed by atoms with Crippen molar-refractivity contribution in [2.24, 2.45) is 23.7 Å². The van der Waals surface area contributed by atoms with Gasteiger partial charge in [-0.2, -0.15) is 4.39 Å². The maximum Gasteiger partial charge on any atom is 0.200 e. The molecular weight excluding hydrogens is 454 g/mol. The number of halogens is 6. The quantitative estimate of drug-likeness (QED) is 0.296. The molecule has 7 heteroatoms. The average molecular weight is 493 g/mol. The normalized spacial score (nSPS) is 27.0. The van der Waals surface area contributed by atoms with E-state index in [2.05, 4.69) is 18.1 Å². The Morgan fingerprint density at radius 1 is 0.882 bits per heavy atom. The molecular formula is C27H38F6O. The fourth-order valence-electron chi connectivity index (χ4n) is 5.02. The first-order chi connectivity index (χ1) is 16.2. The number of hydrogen-bond acceptors (Lipinski definition) is 1. The number of rotatable bonds is 5. The van der Waals surface area contributed by atoms with Crippen LogP contribution in [0.1, 0.15) is 76.9 Å². The third-order valence-electron chi connectivity index (χ3n) is 7.10. The number of alkyl halides is 4. The first-order valence-electron chi connectivity index (χ1n) is 12.0. The van der Waals surface area contributed by atoms with E-state index in [1.807, 2.05) is 5.92 Å². The average Bonchev–Trinajstić information content (AvgIpc) is 2.87. The van der Waals surface area contributed by atoms with Crippen LogP contribution in [0.25, 0.3) is 0 Å². The monoisotopic (exact) mass is 492 g/mol. The SMILES string of the molecule is C#CC(C)F.CF.COc1ccc(C(F)C(F)C2CCC(C3CCC(C)CC3)CC2)c(F)c1F. The Morgan fingerprint density at radius 2 is 1.35 bits per heavy atom. The van der Waals surface area contributed by atoms with E-state index in [1.165, 1.54) is 39.7 Å². The van der Waals surface area contributed by atoms with E-state index in [9.17, 15) is 26.3 Å². The van der Waals surface area contributed by atoms with Crippen molar-refractivity contribution in [1.29, 1.82) is 0 Å². The lowest BCUT2D eigenvalue weighted by Gasteiger charge is -2.38. The molecule has 1 nitrogen and oxygen atoms in total. The summed E-state index contributed by atoms with van der Waals surface area (Å²) < 4.78 is 82.8. The van der Waals surface area contributed by atoms with Crippen LogP contribution in [-0.2, 0) is 0 Å². The minimum absolute atomic E-state index is 0.304. The van der Waals surface area contributed by atoms with E-state index in [0.717, 1.165) is 36.8 Å². The minimum Gasteiger partial charge on any atom is -0.494 e. The predicted octanol–water partition coefficient (Wildman–Crippen LogP) is 8.52. The highest BCUT2D eigenvalue weighted by atomic mass is 19.2. The van der Waals surface area contributed by atoms with Crippen molar-refractivity contribution in [1.82, 2.24) is 0 Å². The summed E-state index contributed by atoms with van der Waals surface area (Å²) in [5, 5.41) is 0. The van der Waals surface area contributed by atoms with Gasteiger partial charge in [-0.3, -0.25) is 4.39 Å². The molecule has 2 fully saturated rings. The third-order valence-corrected chi connectivity index (χ3v) is 7.10. The van der Waals surface area contributed by atoms with Crippen LogP contribution < -0.4 is 4.74 Å². The molecule has 2 aliphatic carbocycles. The first kappa shape index (κ1) is 30.2. The van der Waals surface area contributed by atoms with Crippen LogP contribution in [0.15, 0.2) is 12.1 Å². The maximum absolute atomic E-state index is 14.8. The molecule has 0 aliphatic heterocycles. The van der Waals surface area contributed by atoms with Crippen molar-refractivity contribution < 1.29 is 31.1 Å². The molecule has 0 saturated heterocycles. The van der Waals surface area contributed by atoms with Gasteiger partial charge in [-0.05, 0) is 81.3 Å². The molecule has 1 aromatic rings. The fourth-order valence-corrected chi connectivity index (χ4v) is 5.02. The largest absolute Gasteiger partial charge is 0.494 e. The Balaban J connectivity index is 0.000000733. The number of methoxy groups -OCH3 is 1. The summed E-state index contributed by atoms with van der Waals surface area (Å²) in [5.74, 6) is 0.641. The molecule has 2 saturated carbocycles. The molecule has 3 unspecified atom stereocenters. The molecule has 0 spiro atoms. The molecule has 0 heterocycles. The lowest BCUT2D eigenvalue weighted by Crippen LogP contribution is -2.30. The van der Waals surface area contributed by atoms with Crippen LogP contribution in [0.3, 0.4) is 0 Å². The smallest absolute Gasteiger partial charge is 0.200 e. The third kappa shape index (κ3) is 8.43. The van der Waals surface area contributed by atoms with Gasteiger partial charge in [0.05, 0.1) is 14.3 Å². The van der Waals surface area contributed by atoms with Crippen molar-refractivity contribution in [3.8, 4) is 18.1 Å². The summed E-state index contributed by atoms with van der Waals surface area (Å²) in [7, 11) is 1.70. The van der Waals surface area contributed by atoms with Crippen LogP contribution in [0, 0.1) is 47.6 Å². The Hall–Kier alpha value is -1.84.